The van der Waals surface area contributed by atoms with Crippen molar-refractivity contribution in [2.75, 3.05) is 6.54 Å². The number of carbonyl (C=O) groups is 5. The minimum atomic E-state index is -1.10. The molecule has 0 saturated carbocycles. The van der Waals surface area contributed by atoms with E-state index in [9.17, 15) is 29.1 Å². The van der Waals surface area contributed by atoms with Gasteiger partial charge in [0.15, 0.2) is 0 Å². The number of phenolic OH excluding ortho intramolecular Hbond substituents is 1. The number of phenols is 1. The van der Waals surface area contributed by atoms with Gasteiger partial charge in [-0.15, -0.1) is 0 Å². The SMILES string of the molecule is CCCC[C@@H](C(N)=O)N1Cc2ccccc2C[C@H](NC(=O)[C@@H](CCCNC(N)=O)NC(=O)[C@@H](N)Cc2c(C)cc(O)cc2C)C1=O. The Hall–Kier alpha value is -4.65. The Morgan fingerprint density at radius 3 is 2.26 bits per heavy atom. The second-order valence-electron chi connectivity index (χ2n) is 11.9. The molecule has 250 valence electrons. The molecule has 1 aliphatic heterocycles. The maximum atomic E-state index is 14.0. The molecule has 0 unspecified atom stereocenters. The van der Waals surface area contributed by atoms with Crippen LogP contribution in [-0.4, -0.2) is 70.4 Å². The Morgan fingerprint density at radius 2 is 1.65 bits per heavy atom. The molecule has 0 aliphatic carbocycles. The molecular formula is C33H47N7O6. The van der Waals surface area contributed by atoms with Gasteiger partial charge in [0.1, 0.15) is 23.9 Å². The highest BCUT2D eigenvalue weighted by molar-refractivity contribution is 5.95. The second kappa shape index (κ2) is 16.6. The van der Waals surface area contributed by atoms with E-state index in [1.165, 1.54) is 4.90 Å². The van der Waals surface area contributed by atoms with Gasteiger partial charge in [-0.2, -0.15) is 0 Å². The summed E-state index contributed by atoms with van der Waals surface area (Å²) >= 11 is 0. The molecule has 13 heteroatoms. The lowest BCUT2D eigenvalue weighted by atomic mass is 9.95. The van der Waals surface area contributed by atoms with Gasteiger partial charge >= 0.3 is 6.03 Å². The summed E-state index contributed by atoms with van der Waals surface area (Å²) in [7, 11) is 0. The van der Waals surface area contributed by atoms with Gasteiger partial charge in [-0.1, -0.05) is 44.0 Å². The molecule has 0 radical (unpaired) electrons. The second-order valence-corrected chi connectivity index (χ2v) is 11.9. The van der Waals surface area contributed by atoms with E-state index in [2.05, 4.69) is 16.0 Å². The molecule has 1 aliphatic rings. The van der Waals surface area contributed by atoms with Crippen LogP contribution in [0, 0.1) is 13.8 Å². The summed E-state index contributed by atoms with van der Waals surface area (Å²) < 4.78 is 0. The van der Waals surface area contributed by atoms with Crippen LogP contribution < -0.4 is 33.2 Å². The number of nitrogens with two attached hydrogens (primary N) is 3. The first-order valence-electron chi connectivity index (χ1n) is 15.7. The first kappa shape index (κ1) is 35.8. The van der Waals surface area contributed by atoms with Crippen LogP contribution in [0.15, 0.2) is 36.4 Å². The Balaban J connectivity index is 1.84. The van der Waals surface area contributed by atoms with Crippen LogP contribution >= 0.6 is 0 Å². The van der Waals surface area contributed by atoms with Gasteiger partial charge in [-0.05, 0) is 79.5 Å². The van der Waals surface area contributed by atoms with Crippen molar-refractivity contribution in [2.24, 2.45) is 17.2 Å². The summed E-state index contributed by atoms with van der Waals surface area (Å²) in [5.74, 6) is -2.15. The number of hydrogen-bond donors (Lipinski definition) is 7. The van der Waals surface area contributed by atoms with Gasteiger partial charge < -0.3 is 43.2 Å². The Labute approximate surface area is 269 Å². The Bertz CT molecular complexity index is 1410. The summed E-state index contributed by atoms with van der Waals surface area (Å²) in [6.07, 6.45) is 2.64. The van der Waals surface area contributed by atoms with Crippen molar-refractivity contribution in [1.82, 2.24) is 20.9 Å². The van der Waals surface area contributed by atoms with Crippen molar-refractivity contribution >= 4 is 29.7 Å². The summed E-state index contributed by atoms with van der Waals surface area (Å²) in [6, 6.07) is 5.91. The number of hydrogen-bond acceptors (Lipinski definition) is 7. The van der Waals surface area contributed by atoms with Crippen molar-refractivity contribution in [3.05, 3.63) is 64.2 Å². The molecule has 2 aromatic rings. The monoisotopic (exact) mass is 637 g/mol. The average Bonchev–Trinajstić information content (AvgIpc) is 3.12. The summed E-state index contributed by atoms with van der Waals surface area (Å²) in [4.78, 5) is 66.2. The lowest BCUT2D eigenvalue weighted by Gasteiger charge is -2.32. The highest BCUT2D eigenvalue weighted by atomic mass is 16.3. The highest BCUT2D eigenvalue weighted by Gasteiger charge is 2.37. The lowest BCUT2D eigenvalue weighted by molar-refractivity contribution is -0.143. The zero-order valence-corrected chi connectivity index (χ0v) is 26.8. The predicted octanol–water partition coefficient (Wildman–Crippen LogP) is 0.926. The summed E-state index contributed by atoms with van der Waals surface area (Å²) in [6.45, 7) is 5.93. The van der Waals surface area contributed by atoms with E-state index < -0.39 is 53.8 Å². The minimum Gasteiger partial charge on any atom is -0.508 e. The van der Waals surface area contributed by atoms with E-state index >= 15 is 0 Å². The van der Waals surface area contributed by atoms with Crippen LogP contribution in [0.3, 0.4) is 0 Å². The van der Waals surface area contributed by atoms with E-state index in [1.807, 2.05) is 45.0 Å². The maximum absolute atomic E-state index is 14.0. The fourth-order valence-electron chi connectivity index (χ4n) is 5.85. The number of unbranched alkanes of at least 4 members (excludes halogenated alkanes) is 1. The van der Waals surface area contributed by atoms with Crippen LogP contribution in [0.25, 0.3) is 0 Å². The fraction of sp³-hybridized carbons (Fsp3) is 0.485. The molecular weight excluding hydrogens is 590 g/mol. The third-order valence-electron chi connectivity index (χ3n) is 8.36. The number of nitrogens with one attached hydrogen (secondary N) is 3. The number of amides is 6. The number of fused-ring (bicyclic) bond motifs is 1. The third-order valence-corrected chi connectivity index (χ3v) is 8.36. The number of aryl methyl sites for hydroxylation is 2. The van der Waals surface area contributed by atoms with Crippen molar-refractivity contribution in [3.63, 3.8) is 0 Å². The van der Waals surface area contributed by atoms with Gasteiger partial charge in [0.2, 0.25) is 23.6 Å². The van der Waals surface area contributed by atoms with Gasteiger partial charge in [0, 0.05) is 19.5 Å². The molecule has 1 heterocycles. The highest BCUT2D eigenvalue weighted by Crippen LogP contribution is 2.24. The number of carbonyl (C=O) groups excluding carboxylic acids is 5. The molecule has 46 heavy (non-hydrogen) atoms. The van der Waals surface area contributed by atoms with Crippen molar-refractivity contribution < 1.29 is 29.1 Å². The normalized spacial score (nSPS) is 16.4. The smallest absolute Gasteiger partial charge is 0.312 e. The van der Waals surface area contributed by atoms with Gasteiger partial charge in [-0.25, -0.2) is 4.79 Å². The number of aromatic hydroxyl groups is 1. The van der Waals surface area contributed by atoms with E-state index in [-0.39, 0.29) is 38.1 Å². The lowest BCUT2D eigenvalue weighted by Crippen LogP contribution is -2.58. The molecule has 0 aromatic heterocycles. The summed E-state index contributed by atoms with van der Waals surface area (Å²) in [5, 5.41) is 17.9. The minimum absolute atomic E-state index is 0.111. The van der Waals surface area contributed by atoms with E-state index in [4.69, 9.17) is 17.2 Å². The molecule has 3 rings (SSSR count). The van der Waals surface area contributed by atoms with Gasteiger partial charge in [0.05, 0.1) is 6.04 Å². The first-order valence-corrected chi connectivity index (χ1v) is 15.7. The Morgan fingerprint density at radius 1 is 1.00 bits per heavy atom. The van der Waals surface area contributed by atoms with Gasteiger partial charge in [0.25, 0.3) is 0 Å². The van der Waals surface area contributed by atoms with Crippen molar-refractivity contribution in [2.45, 2.75) is 96.4 Å². The van der Waals surface area contributed by atoms with Crippen LogP contribution in [0.1, 0.15) is 66.8 Å². The topological polar surface area (TPSA) is 223 Å². The Kier molecular flexibility index (Phi) is 12.9. The fourth-order valence-corrected chi connectivity index (χ4v) is 5.85. The molecule has 6 amide bonds. The number of rotatable bonds is 15. The van der Waals surface area contributed by atoms with E-state index in [0.717, 1.165) is 34.2 Å². The zero-order chi connectivity index (χ0) is 34.0. The zero-order valence-electron chi connectivity index (χ0n) is 26.8. The maximum Gasteiger partial charge on any atom is 0.312 e. The quantitative estimate of drug-likeness (QED) is 0.140. The standard InChI is InChI=1S/C33H47N7O6/c1-4-5-12-28(29(35)42)40-18-22-10-7-6-9-21(22)16-27(32(40)45)39-31(44)26(11-8-13-37-33(36)46)38-30(43)25(34)17-24-19(2)14-23(41)15-20(24)3/h6-7,9-10,14-15,25-28,41H,4-5,8,11-13,16-18,34H2,1-3H3,(H2,35,42)(H,38,43)(H,39,44)(H3,36,37,46)/t25-,26+,27-,28-/m0/s1. The van der Waals surface area contributed by atoms with Crippen molar-refractivity contribution in [3.8, 4) is 5.75 Å². The van der Waals surface area contributed by atoms with Crippen LogP contribution in [-0.2, 0) is 38.6 Å². The summed E-state index contributed by atoms with van der Waals surface area (Å²) in [5.41, 5.74) is 21.3. The predicted molar refractivity (Wildman–Crippen MR) is 173 cm³/mol. The average molecular weight is 638 g/mol. The molecule has 10 N–H and O–H groups in total. The molecule has 0 saturated heterocycles. The molecule has 0 fully saturated rings. The number of nitrogens with zero attached hydrogens (tertiary/aromatic N) is 1. The molecule has 0 bridgehead atoms. The number of primary amides is 2. The van der Waals surface area contributed by atoms with Gasteiger partial charge in [-0.3, -0.25) is 19.2 Å². The van der Waals surface area contributed by atoms with E-state index in [0.29, 0.717) is 19.3 Å². The molecule has 2 aromatic carbocycles. The van der Waals surface area contributed by atoms with Crippen molar-refractivity contribution in [1.29, 1.82) is 0 Å². The van der Waals surface area contributed by atoms with Crippen LogP contribution in [0.5, 0.6) is 5.75 Å². The largest absolute Gasteiger partial charge is 0.508 e. The van der Waals surface area contributed by atoms with E-state index in [1.54, 1.807) is 12.1 Å². The molecule has 0 spiro atoms. The number of urea groups is 1. The molecule has 13 nitrogen and oxygen atoms in total. The molecule has 4 atom stereocenters. The van der Waals surface area contributed by atoms with Crippen LogP contribution in [0.4, 0.5) is 4.79 Å². The van der Waals surface area contributed by atoms with Crippen LogP contribution in [0.2, 0.25) is 0 Å². The first-order chi connectivity index (χ1) is 21.8. The number of benzene rings is 2. The third kappa shape index (κ3) is 9.67.